The Morgan fingerprint density at radius 2 is 1.86 bits per heavy atom. The van der Waals surface area contributed by atoms with Crippen LogP contribution in [0.5, 0.6) is 0 Å². The number of halogens is 3. The molecule has 42 heavy (non-hydrogen) atoms. The Morgan fingerprint density at radius 3 is 2.60 bits per heavy atom. The summed E-state index contributed by atoms with van der Waals surface area (Å²) >= 11 is 0. The number of anilines is 3. The first kappa shape index (κ1) is 27.7. The van der Waals surface area contributed by atoms with E-state index in [2.05, 4.69) is 42.3 Å². The summed E-state index contributed by atoms with van der Waals surface area (Å²) in [5.41, 5.74) is 1.61. The van der Waals surface area contributed by atoms with Crippen LogP contribution in [0.4, 0.5) is 30.5 Å². The second kappa shape index (κ2) is 10.7. The van der Waals surface area contributed by atoms with Crippen LogP contribution in [0.2, 0.25) is 0 Å². The van der Waals surface area contributed by atoms with Gasteiger partial charge in [-0.3, -0.25) is 0 Å². The number of hydrogen-bond donors (Lipinski definition) is 2. The molecule has 0 amide bonds. The third-order valence-electron chi connectivity index (χ3n) is 6.74. The fourth-order valence-electron chi connectivity index (χ4n) is 4.49. The van der Waals surface area contributed by atoms with Gasteiger partial charge in [-0.1, -0.05) is 11.8 Å². The van der Waals surface area contributed by atoms with E-state index in [-0.39, 0.29) is 16.1 Å². The van der Waals surface area contributed by atoms with E-state index < -0.39 is 27.7 Å². The molecule has 2 fully saturated rings. The minimum atomic E-state index is -4.64. The summed E-state index contributed by atoms with van der Waals surface area (Å²) in [6.07, 6.45) is 5.09. The van der Waals surface area contributed by atoms with Gasteiger partial charge in [0.2, 0.25) is 0 Å². The average molecular weight is 600 g/mol. The number of nitrogens with zero attached hydrogens (tertiary/aromatic N) is 8. The smallest absolute Gasteiger partial charge is 0.391 e. The van der Waals surface area contributed by atoms with Crippen LogP contribution in [0.1, 0.15) is 36.8 Å². The van der Waals surface area contributed by atoms with E-state index in [0.29, 0.717) is 60.8 Å². The predicted molar refractivity (Wildman–Crippen MR) is 145 cm³/mol. The molecular formula is C26H24F3N9O3S. The lowest BCUT2D eigenvalue weighted by Crippen LogP contribution is -2.38. The summed E-state index contributed by atoms with van der Waals surface area (Å²) < 4.78 is 64.5. The maximum atomic E-state index is 12.9. The van der Waals surface area contributed by atoms with Crippen molar-refractivity contribution < 1.29 is 26.7 Å². The Bertz CT molecular complexity index is 1790. The van der Waals surface area contributed by atoms with Gasteiger partial charge in [-0.2, -0.15) is 19.0 Å². The van der Waals surface area contributed by atoms with Crippen LogP contribution in [-0.4, -0.2) is 71.9 Å². The van der Waals surface area contributed by atoms with E-state index in [1.165, 1.54) is 24.8 Å². The molecular weight excluding hydrogens is 575 g/mol. The van der Waals surface area contributed by atoms with Gasteiger partial charge in [-0.15, -0.1) is 13.2 Å². The number of alkyl halides is 3. The van der Waals surface area contributed by atoms with Crippen molar-refractivity contribution in [2.75, 3.05) is 23.3 Å². The van der Waals surface area contributed by atoms with Gasteiger partial charge in [-0.25, -0.2) is 23.4 Å². The Balaban J connectivity index is 1.27. The van der Waals surface area contributed by atoms with Crippen molar-refractivity contribution >= 4 is 27.3 Å². The number of aromatic nitrogens is 7. The molecule has 218 valence electrons. The molecule has 1 saturated heterocycles. The zero-order valence-electron chi connectivity index (χ0n) is 21.9. The molecule has 0 radical (unpaired) electrons. The van der Waals surface area contributed by atoms with E-state index in [4.69, 9.17) is 0 Å². The van der Waals surface area contributed by atoms with Crippen molar-refractivity contribution in [3.05, 3.63) is 60.4 Å². The first-order valence-electron chi connectivity index (χ1n) is 13.0. The summed E-state index contributed by atoms with van der Waals surface area (Å²) in [5.74, 6) is 6.64. The summed E-state index contributed by atoms with van der Waals surface area (Å²) in [6.45, 7) is 1.00. The molecule has 1 saturated carbocycles. The third-order valence-corrected chi connectivity index (χ3v) is 8.77. The molecule has 12 nitrogen and oxygen atoms in total. The second-order valence-corrected chi connectivity index (χ2v) is 12.0. The lowest BCUT2D eigenvalue weighted by atomic mass is 10.1. The summed E-state index contributed by atoms with van der Waals surface area (Å²) in [7, 11) is -3.53. The number of rotatable bonds is 6. The van der Waals surface area contributed by atoms with Crippen LogP contribution in [0.25, 0.3) is 11.4 Å². The van der Waals surface area contributed by atoms with Gasteiger partial charge < -0.3 is 15.3 Å². The highest BCUT2D eigenvalue weighted by atomic mass is 32.2. The fraction of sp³-hybridized carbons (Fsp3) is 0.346. The second-order valence-electron chi connectivity index (χ2n) is 9.96. The van der Waals surface area contributed by atoms with Crippen molar-refractivity contribution in [2.24, 2.45) is 0 Å². The molecule has 0 unspecified atom stereocenters. The highest BCUT2D eigenvalue weighted by Gasteiger charge is 2.37. The number of hydrogen-bond acceptors (Lipinski definition) is 10. The number of β-amino-alcohol motifs (C(OH)–C–C–N with tert-alkyl or cyclic N) is 1. The molecule has 5 heterocycles. The third kappa shape index (κ3) is 5.92. The van der Waals surface area contributed by atoms with Crippen molar-refractivity contribution in [1.29, 1.82) is 0 Å². The summed E-state index contributed by atoms with van der Waals surface area (Å²) in [4.78, 5) is 15.1. The van der Waals surface area contributed by atoms with Gasteiger partial charge >= 0.3 is 6.30 Å². The number of aliphatic hydroxyl groups is 1. The maximum absolute atomic E-state index is 12.9. The molecule has 4 aromatic rings. The van der Waals surface area contributed by atoms with E-state index in [9.17, 15) is 26.7 Å². The van der Waals surface area contributed by atoms with E-state index in [1.54, 1.807) is 12.1 Å². The fourth-order valence-corrected chi connectivity index (χ4v) is 5.96. The predicted octanol–water partition coefficient (Wildman–Crippen LogP) is 2.85. The van der Waals surface area contributed by atoms with Gasteiger partial charge in [0.15, 0.2) is 5.82 Å². The lowest BCUT2D eigenvalue weighted by Gasteiger charge is -2.32. The van der Waals surface area contributed by atoms with Crippen molar-refractivity contribution in [3.63, 3.8) is 0 Å². The van der Waals surface area contributed by atoms with Crippen LogP contribution in [0.15, 0.2) is 49.3 Å². The van der Waals surface area contributed by atoms with Crippen molar-refractivity contribution in [1.82, 2.24) is 33.9 Å². The molecule has 4 aromatic heterocycles. The topological polar surface area (TPSA) is 144 Å². The first-order valence-corrected chi connectivity index (χ1v) is 14.5. The SMILES string of the molecule is O=S(=O)(C1CC1)n1cc(-c2nccc(Nc3cc(N4CCC[C@H](O)C4)c(C#Cc4cnn(C(F)(F)F)c4)cn3)n2)cn1. The monoisotopic (exact) mass is 599 g/mol. The molecule has 1 aliphatic carbocycles. The number of aliphatic hydroxyl groups excluding tert-OH is 1. The Labute approximate surface area is 238 Å². The summed E-state index contributed by atoms with van der Waals surface area (Å²) in [6, 6.07) is 3.34. The Hall–Kier alpha value is -4.49. The van der Waals surface area contributed by atoms with E-state index in [1.807, 2.05) is 4.90 Å². The zero-order chi connectivity index (χ0) is 29.5. The van der Waals surface area contributed by atoms with Crippen LogP contribution in [0.3, 0.4) is 0 Å². The van der Waals surface area contributed by atoms with Crippen LogP contribution >= 0.6 is 0 Å². The first-order chi connectivity index (χ1) is 20.1. The maximum Gasteiger partial charge on any atom is 0.504 e. The zero-order valence-corrected chi connectivity index (χ0v) is 22.7. The molecule has 0 bridgehead atoms. The average Bonchev–Trinajstić information content (AvgIpc) is 3.49. The largest absolute Gasteiger partial charge is 0.504 e. The quantitative estimate of drug-likeness (QED) is 0.318. The highest BCUT2D eigenvalue weighted by molar-refractivity contribution is 7.90. The minimum absolute atomic E-state index is 0.0842. The molecule has 16 heteroatoms. The van der Waals surface area contributed by atoms with Crippen molar-refractivity contribution in [2.45, 2.75) is 43.3 Å². The van der Waals surface area contributed by atoms with E-state index in [0.717, 1.165) is 22.9 Å². The van der Waals surface area contributed by atoms with Gasteiger partial charge in [0, 0.05) is 37.7 Å². The normalized spacial score (nSPS) is 17.5. The Morgan fingerprint density at radius 1 is 1.02 bits per heavy atom. The molecule has 1 atom stereocenters. The minimum Gasteiger partial charge on any atom is -0.391 e. The molecule has 0 aromatic carbocycles. The molecule has 2 aliphatic rings. The van der Waals surface area contributed by atoms with E-state index >= 15 is 0 Å². The van der Waals surface area contributed by atoms with Gasteiger partial charge in [0.1, 0.15) is 11.6 Å². The number of pyridine rings is 1. The molecule has 1 aliphatic heterocycles. The van der Waals surface area contributed by atoms with Crippen LogP contribution in [0, 0.1) is 11.8 Å². The Kier molecular flexibility index (Phi) is 7.07. The lowest BCUT2D eigenvalue weighted by molar-refractivity contribution is -0.212. The van der Waals surface area contributed by atoms with Gasteiger partial charge in [0.05, 0.1) is 52.3 Å². The van der Waals surface area contributed by atoms with Crippen LogP contribution in [-0.2, 0) is 16.3 Å². The number of nitrogens with one attached hydrogen (secondary N) is 1. The van der Waals surface area contributed by atoms with Gasteiger partial charge in [-0.05, 0) is 31.7 Å². The number of piperidine rings is 1. The van der Waals surface area contributed by atoms with Crippen molar-refractivity contribution in [3.8, 4) is 23.2 Å². The molecule has 2 N–H and O–H groups in total. The molecule has 0 spiro atoms. The van der Waals surface area contributed by atoms with Crippen LogP contribution < -0.4 is 10.2 Å². The molecule has 6 rings (SSSR count). The van der Waals surface area contributed by atoms with Gasteiger partial charge in [0.25, 0.3) is 10.0 Å². The standard InChI is InChI=1S/C26H24F3N9O3S/c27-26(28,29)37-14-17(11-32-37)3-4-18-12-31-24(10-22(18)36-9-1-2-20(39)16-36)34-23-7-8-30-25(35-23)19-13-33-38(15-19)42(40,41)21-5-6-21/h7-8,10-15,20-21,39H,1-2,5-6,9,16H2,(H,30,31,34,35)/t20-/m0/s1. The summed E-state index contributed by atoms with van der Waals surface area (Å²) in [5, 5.41) is 20.3. The highest BCUT2D eigenvalue weighted by Crippen LogP contribution is 2.31.